The first kappa shape index (κ1) is 20.4. The summed E-state index contributed by atoms with van der Waals surface area (Å²) in [7, 11) is 0. The average Bonchev–Trinajstić information content (AvgIpc) is 3.18. The standard InChI is InChI=1S/C22H21F2N3O2S/c1-13-11-27(12-14(2)29-13)19-8-7-15(9-18(19)24)26-21(28)20-10-25-22(30-20)16-5-3-4-6-17(16)23/h3-10,13-14H,11-12H2,1-2H3,(H,26,28). The zero-order valence-corrected chi connectivity index (χ0v) is 17.4. The van der Waals surface area contributed by atoms with E-state index in [9.17, 15) is 13.6 Å². The van der Waals surface area contributed by atoms with Crippen LogP contribution >= 0.6 is 11.3 Å². The number of carbonyl (C=O) groups is 1. The number of morpholine rings is 1. The Labute approximate surface area is 177 Å². The Hall–Kier alpha value is -2.84. The van der Waals surface area contributed by atoms with Gasteiger partial charge < -0.3 is 15.0 Å². The number of benzene rings is 2. The highest BCUT2D eigenvalue weighted by atomic mass is 32.1. The lowest BCUT2D eigenvalue weighted by atomic mass is 10.2. The fourth-order valence-corrected chi connectivity index (χ4v) is 4.39. The van der Waals surface area contributed by atoms with Crippen molar-refractivity contribution in [3.63, 3.8) is 0 Å². The van der Waals surface area contributed by atoms with Crippen molar-refractivity contribution in [1.29, 1.82) is 0 Å². The molecule has 3 aromatic rings. The van der Waals surface area contributed by atoms with Gasteiger partial charge in [-0.3, -0.25) is 4.79 Å². The van der Waals surface area contributed by atoms with Gasteiger partial charge in [-0.25, -0.2) is 13.8 Å². The molecule has 1 aromatic heterocycles. The van der Waals surface area contributed by atoms with Crippen LogP contribution in [0, 0.1) is 11.6 Å². The highest BCUT2D eigenvalue weighted by Crippen LogP contribution is 2.29. The van der Waals surface area contributed by atoms with E-state index in [1.54, 1.807) is 30.3 Å². The minimum atomic E-state index is -0.421. The first-order valence-electron chi connectivity index (χ1n) is 9.62. The van der Waals surface area contributed by atoms with Gasteiger partial charge in [0.1, 0.15) is 21.5 Å². The van der Waals surface area contributed by atoms with Crippen molar-refractivity contribution in [2.24, 2.45) is 0 Å². The van der Waals surface area contributed by atoms with Crippen molar-refractivity contribution < 1.29 is 18.3 Å². The maximum atomic E-state index is 14.7. The molecule has 1 saturated heterocycles. The van der Waals surface area contributed by atoms with Gasteiger partial charge in [0.05, 0.1) is 24.1 Å². The molecule has 1 aliphatic heterocycles. The third-order valence-corrected chi connectivity index (χ3v) is 5.83. The molecular weight excluding hydrogens is 408 g/mol. The van der Waals surface area contributed by atoms with Crippen molar-refractivity contribution in [3.05, 3.63) is 65.2 Å². The summed E-state index contributed by atoms with van der Waals surface area (Å²) >= 11 is 1.08. The van der Waals surface area contributed by atoms with Crippen LogP contribution in [0.25, 0.3) is 10.6 Å². The predicted octanol–water partition coefficient (Wildman–Crippen LogP) is 4.95. The van der Waals surface area contributed by atoms with Crippen molar-refractivity contribution in [1.82, 2.24) is 4.98 Å². The lowest BCUT2D eigenvalue weighted by Crippen LogP contribution is -2.45. The van der Waals surface area contributed by atoms with Crippen LogP contribution in [0.1, 0.15) is 23.5 Å². The molecule has 2 heterocycles. The molecule has 0 bridgehead atoms. The van der Waals surface area contributed by atoms with Gasteiger partial charge in [-0.2, -0.15) is 0 Å². The second kappa shape index (κ2) is 8.49. The van der Waals surface area contributed by atoms with Crippen LogP contribution in [-0.2, 0) is 4.74 Å². The molecule has 4 rings (SSSR count). The number of hydrogen-bond acceptors (Lipinski definition) is 5. The number of ether oxygens (including phenoxy) is 1. The monoisotopic (exact) mass is 429 g/mol. The number of amides is 1. The van der Waals surface area contributed by atoms with Crippen LogP contribution in [0.2, 0.25) is 0 Å². The molecule has 2 aromatic carbocycles. The maximum absolute atomic E-state index is 14.7. The van der Waals surface area contributed by atoms with Gasteiger partial charge in [0, 0.05) is 24.3 Å². The molecule has 1 amide bonds. The number of rotatable bonds is 4. The van der Waals surface area contributed by atoms with Gasteiger partial charge >= 0.3 is 0 Å². The van der Waals surface area contributed by atoms with Crippen molar-refractivity contribution >= 4 is 28.6 Å². The molecular formula is C22H21F2N3O2S. The van der Waals surface area contributed by atoms with Gasteiger partial charge in [0.15, 0.2) is 0 Å². The van der Waals surface area contributed by atoms with Crippen molar-refractivity contribution in [2.75, 3.05) is 23.3 Å². The van der Waals surface area contributed by atoms with E-state index in [2.05, 4.69) is 10.3 Å². The zero-order chi connectivity index (χ0) is 21.3. The molecule has 8 heteroatoms. The summed E-state index contributed by atoms with van der Waals surface area (Å²) in [4.78, 5) is 18.9. The molecule has 1 fully saturated rings. The van der Waals surface area contributed by atoms with Crippen LogP contribution in [0.4, 0.5) is 20.2 Å². The third kappa shape index (κ3) is 4.34. The van der Waals surface area contributed by atoms with Crippen molar-refractivity contribution in [3.8, 4) is 10.6 Å². The van der Waals surface area contributed by atoms with E-state index in [1.165, 1.54) is 18.3 Å². The SMILES string of the molecule is CC1CN(c2ccc(NC(=O)c3cnc(-c4ccccc4F)s3)cc2F)CC(C)O1. The predicted molar refractivity (Wildman–Crippen MR) is 114 cm³/mol. The Balaban J connectivity index is 1.48. The molecule has 2 unspecified atom stereocenters. The topological polar surface area (TPSA) is 54.5 Å². The quantitative estimate of drug-likeness (QED) is 0.637. The van der Waals surface area contributed by atoms with Gasteiger partial charge in [0.2, 0.25) is 0 Å². The number of nitrogens with one attached hydrogen (secondary N) is 1. The number of carbonyl (C=O) groups excluding carboxylic acids is 1. The molecule has 0 spiro atoms. The average molecular weight is 429 g/mol. The Bertz CT molecular complexity index is 1060. The molecule has 0 radical (unpaired) electrons. The van der Waals surface area contributed by atoms with Crippen LogP contribution in [0.15, 0.2) is 48.7 Å². The molecule has 156 valence electrons. The summed E-state index contributed by atoms with van der Waals surface area (Å²) in [5.41, 5.74) is 1.16. The minimum absolute atomic E-state index is 0.0162. The fraction of sp³-hybridized carbons (Fsp3) is 0.273. The highest BCUT2D eigenvalue weighted by molar-refractivity contribution is 7.17. The van der Waals surface area contributed by atoms with E-state index >= 15 is 0 Å². The van der Waals surface area contributed by atoms with E-state index in [-0.39, 0.29) is 12.2 Å². The third-order valence-electron chi connectivity index (χ3n) is 4.80. The largest absolute Gasteiger partial charge is 0.372 e. The van der Waals surface area contributed by atoms with Gasteiger partial charge in [-0.1, -0.05) is 12.1 Å². The normalized spacial score (nSPS) is 19.0. The molecule has 1 N–H and O–H groups in total. The highest BCUT2D eigenvalue weighted by Gasteiger charge is 2.24. The summed E-state index contributed by atoms with van der Waals surface area (Å²) < 4.78 is 34.4. The van der Waals surface area contributed by atoms with Gasteiger partial charge in [-0.15, -0.1) is 11.3 Å². The summed E-state index contributed by atoms with van der Waals surface area (Å²) in [6.07, 6.45) is 1.42. The minimum Gasteiger partial charge on any atom is -0.372 e. The number of aromatic nitrogens is 1. The summed E-state index contributed by atoms with van der Waals surface area (Å²) in [6.45, 7) is 5.12. The molecule has 0 aliphatic carbocycles. The van der Waals surface area contributed by atoms with E-state index < -0.39 is 17.5 Å². The first-order valence-corrected chi connectivity index (χ1v) is 10.4. The molecule has 5 nitrogen and oxygen atoms in total. The fourth-order valence-electron chi connectivity index (χ4n) is 3.55. The number of anilines is 2. The van der Waals surface area contributed by atoms with E-state index in [0.29, 0.717) is 39.9 Å². The number of nitrogens with zero attached hydrogens (tertiary/aromatic N) is 2. The van der Waals surface area contributed by atoms with Gasteiger partial charge in [0.25, 0.3) is 5.91 Å². The number of halogens is 2. The van der Waals surface area contributed by atoms with Crippen LogP contribution < -0.4 is 10.2 Å². The lowest BCUT2D eigenvalue weighted by Gasteiger charge is -2.37. The Kier molecular flexibility index (Phi) is 5.78. The van der Waals surface area contributed by atoms with Crippen LogP contribution in [-0.4, -0.2) is 36.2 Å². The molecule has 1 aliphatic rings. The first-order chi connectivity index (χ1) is 14.4. The Morgan fingerprint density at radius 2 is 1.87 bits per heavy atom. The summed E-state index contributed by atoms with van der Waals surface area (Å²) in [5, 5.41) is 3.09. The zero-order valence-electron chi connectivity index (χ0n) is 16.6. The van der Waals surface area contributed by atoms with Gasteiger partial charge in [-0.05, 0) is 44.2 Å². The molecule has 0 saturated carbocycles. The number of hydrogen-bond donors (Lipinski definition) is 1. The van der Waals surface area contributed by atoms with E-state index in [0.717, 1.165) is 11.3 Å². The summed E-state index contributed by atoms with van der Waals surface area (Å²) in [5.74, 6) is -1.23. The smallest absolute Gasteiger partial charge is 0.267 e. The maximum Gasteiger partial charge on any atom is 0.267 e. The Morgan fingerprint density at radius 3 is 2.57 bits per heavy atom. The number of thiazole rings is 1. The lowest BCUT2D eigenvalue weighted by molar-refractivity contribution is -0.00539. The second-order valence-electron chi connectivity index (χ2n) is 7.29. The Morgan fingerprint density at radius 1 is 1.13 bits per heavy atom. The van der Waals surface area contributed by atoms with Crippen molar-refractivity contribution in [2.45, 2.75) is 26.1 Å². The second-order valence-corrected chi connectivity index (χ2v) is 8.32. The van der Waals surface area contributed by atoms with E-state index in [1.807, 2.05) is 18.7 Å². The van der Waals surface area contributed by atoms with E-state index in [4.69, 9.17) is 4.74 Å². The van der Waals surface area contributed by atoms with Crippen LogP contribution in [0.3, 0.4) is 0 Å². The molecule has 30 heavy (non-hydrogen) atoms. The van der Waals surface area contributed by atoms with Crippen LogP contribution in [0.5, 0.6) is 0 Å². The molecule has 2 atom stereocenters. The summed E-state index contributed by atoms with van der Waals surface area (Å²) in [6, 6.07) is 10.9.